The summed E-state index contributed by atoms with van der Waals surface area (Å²) in [6, 6.07) is 30.3. The molecule has 0 aliphatic rings. The van der Waals surface area contributed by atoms with Crippen LogP contribution in [-0.2, 0) is 32.6 Å². The highest BCUT2D eigenvalue weighted by atomic mass is 32.2. The van der Waals surface area contributed by atoms with E-state index in [0.29, 0.717) is 6.54 Å². The zero-order chi connectivity index (χ0) is 29.2. The predicted octanol–water partition coefficient (Wildman–Crippen LogP) is 4.80. The number of amides is 2. The van der Waals surface area contributed by atoms with E-state index < -0.39 is 34.3 Å². The van der Waals surface area contributed by atoms with E-state index in [2.05, 4.69) is 5.32 Å². The largest absolute Gasteiger partial charge is 0.355 e. The highest BCUT2D eigenvalue weighted by molar-refractivity contribution is 7.92. The number of likely N-dealkylation sites (N-methyl/N-ethyl adjacent to an activating group) is 1. The van der Waals surface area contributed by atoms with Crippen LogP contribution < -0.4 is 9.62 Å². The molecule has 41 heavy (non-hydrogen) atoms. The van der Waals surface area contributed by atoms with Gasteiger partial charge in [0.1, 0.15) is 18.4 Å². The molecule has 1 N–H and O–H groups in total. The molecule has 0 aliphatic carbocycles. The van der Waals surface area contributed by atoms with Crippen LogP contribution in [-0.4, -0.2) is 44.3 Å². The second-order valence-corrected chi connectivity index (χ2v) is 11.3. The number of nitrogens with one attached hydrogen (secondary N) is 1. The molecule has 0 heterocycles. The molecule has 0 spiro atoms. The van der Waals surface area contributed by atoms with E-state index in [0.717, 1.165) is 27.6 Å². The number of carbonyl (C=O) groups is 2. The van der Waals surface area contributed by atoms with Crippen molar-refractivity contribution in [3.8, 4) is 0 Å². The smallest absolute Gasteiger partial charge is 0.264 e. The number of anilines is 1. The molecule has 0 radical (unpaired) electrons. The van der Waals surface area contributed by atoms with E-state index in [9.17, 15) is 22.4 Å². The first-order valence-electron chi connectivity index (χ1n) is 13.3. The van der Waals surface area contributed by atoms with Crippen molar-refractivity contribution in [1.29, 1.82) is 0 Å². The minimum Gasteiger partial charge on any atom is -0.355 e. The summed E-state index contributed by atoms with van der Waals surface area (Å²) in [6.07, 6.45) is 0.229. The number of rotatable bonds is 12. The van der Waals surface area contributed by atoms with Crippen LogP contribution in [0.25, 0.3) is 0 Å². The van der Waals surface area contributed by atoms with Gasteiger partial charge in [-0.15, -0.1) is 0 Å². The van der Waals surface area contributed by atoms with E-state index in [1.165, 1.54) is 29.2 Å². The Morgan fingerprint density at radius 1 is 0.780 bits per heavy atom. The molecule has 0 aromatic heterocycles. The topological polar surface area (TPSA) is 86.8 Å². The number of sulfonamides is 1. The van der Waals surface area contributed by atoms with Crippen LogP contribution in [0, 0.1) is 5.82 Å². The zero-order valence-electron chi connectivity index (χ0n) is 22.7. The predicted molar refractivity (Wildman–Crippen MR) is 157 cm³/mol. The van der Waals surface area contributed by atoms with Gasteiger partial charge in [0.05, 0.1) is 10.6 Å². The Kier molecular flexibility index (Phi) is 9.86. The summed E-state index contributed by atoms with van der Waals surface area (Å²) < 4.78 is 42.4. The van der Waals surface area contributed by atoms with Gasteiger partial charge in [-0.25, -0.2) is 12.8 Å². The third-order valence-electron chi connectivity index (χ3n) is 6.54. The molecule has 0 unspecified atom stereocenters. The molecule has 0 bridgehead atoms. The number of hydrogen-bond donors (Lipinski definition) is 1. The fourth-order valence-corrected chi connectivity index (χ4v) is 5.92. The average molecular weight is 574 g/mol. The van der Waals surface area contributed by atoms with Gasteiger partial charge in [-0.1, -0.05) is 78.9 Å². The normalized spacial score (nSPS) is 11.9. The van der Waals surface area contributed by atoms with Gasteiger partial charge in [0.2, 0.25) is 11.8 Å². The van der Waals surface area contributed by atoms with Crippen LogP contribution in [0.3, 0.4) is 0 Å². The molecule has 4 aromatic rings. The van der Waals surface area contributed by atoms with Crippen molar-refractivity contribution in [2.24, 2.45) is 0 Å². The van der Waals surface area contributed by atoms with Crippen molar-refractivity contribution in [3.05, 3.63) is 132 Å². The summed E-state index contributed by atoms with van der Waals surface area (Å²) in [5.41, 5.74) is 1.75. The van der Waals surface area contributed by atoms with Crippen LogP contribution >= 0.6 is 0 Å². The van der Waals surface area contributed by atoms with Crippen LogP contribution in [0.5, 0.6) is 0 Å². The van der Waals surface area contributed by atoms with E-state index in [1.54, 1.807) is 25.1 Å². The van der Waals surface area contributed by atoms with E-state index in [1.807, 2.05) is 60.7 Å². The number of halogens is 1. The van der Waals surface area contributed by atoms with Gasteiger partial charge in [0, 0.05) is 19.5 Å². The molecule has 0 aliphatic heterocycles. The number of carbonyl (C=O) groups excluding carboxylic acids is 2. The average Bonchev–Trinajstić information content (AvgIpc) is 2.99. The summed E-state index contributed by atoms with van der Waals surface area (Å²) in [5.74, 6) is -1.47. The Morgan fingerprint density at radius 3 is 1.88 bits per heavy atom. The summed E-state index contributed by atoms with van der Waals surface area (Å²) in [5, 5.41) is 2.83. The van der Waals surface area contributed by atoms with Crippen LogP contribution in [0.4, 0.5) is 10.1 Å². The monoisotopic (exact) mass is 573 g/mol. The lowest BCUT2D eigenvalue weighted by atomic mass is 10.0. The first-order chi connectivity index (χ1) is 19.8. The van der Waals surface area contributed by atoms with Crippen LogP contribution in [0.1, 0.15) is 18.1 Å². The lowest BCUT2D eigenvalue weighted by Gasteiger charge is -2.33. The van der Waals surface area contributed by atoms with Gasteiger partial charge in [-0.05, 0) is 54.4 Å². The molecule has 2 amide bonds. The molecular formula is C32H32FN3O4S. The van der Waals surface area contributed by atoms with Crippen LogP contribution in [0.2, 0.25) is 0 Å². The van der Waals surface area contributed by atoms with Gasteiger partial charge in [-0.3, -0.25) is 13.9 Å². The van der Waals surface area contributed by atoms with Crippen molar-refractivity contribution in [2.45, 2.75) is 30.8 Å². The van der Waals surface area contributed by atoms with Crippen molar-refractivity contribution in [1.82, 2.24) is 10.2 Å². The van der Waals surface area contributed by atoms with Crippen molar-refractivity contribution < 1.29 is 22.4 Å². The number of benzene rings is 4. The maximum atomic E-state index is 14.2. The van der Waals surface area contributed by atoms with E-state index in [-0.39, 0.29) is 29.5 Å². The summed E-state index contributed by atoms with van der Waals surface area (Å²) in [6.45, 7) is 1.64. The van der Waals surface area contributed by atoms with E-state index in [4.69, 9.17) is 0 Å². The molecule has 4 aromatic carbocycles. The zero-order valence-corrected chi connectivity index (χ0v) is 23.5. The number of nitrogens with zero attached hydrogens (tertiary/aromatic N) is 2. The molecular weight excluding hydrogens is 541 g/mol. The molecule has 9 heteroatoms. The van der Waals surface area contributed by atoms with Crippen LogP contribution in [0.15, 0.2) is 120 Å². The standard InChI is InChI=1S/C32H32FN3O4S/c1-2-34-32(38)30(22-25-12-6-3-7-13-25)35(23-26-14-8-4-9-15-26)31(37)24-36(28-20-18-27(33)19-21-28)41(39,40)29-16-10-5-11-17-29/h3-21,30H,2,22-24H2,1H3,(H,34,38)/t30-/m1/s1. The van der Waals surface area contributed by atoms with Gasteiger partial charge < -0.3 is 10.2 Å². The number of hydrogen-bond acceptors (Lipinski definition) is 4. The van der Waals surface area contributed by atoms with Gasteiger partial charge in [-0.2, -0.15) is 0 Å². The molecule has 212 valence electrons. The Balaban J connectivity index is 1.77. The van der Waals surface area contributed by atoms with Gasteiger partial charge in [0.15, 0.2) is 0 Å². The third-order valence-corrected chi connectivity index (χ3v) is 8.33. The Hall–Kier alpha value is -4.50. The van der Waals surface area contributed by atoms with Gasteiger partial charge in [0.25, 0.3) is 10.0 Å². The molecule has 1 atom stereocenters. The Bertz CT molecular complexity index is 1530. The fourth-order valence-electron chi connectivity index (χ4n) is 4.48. The lowest BCUT2D eigenvalue weighted by molar-refractivity contribution is -0.140. The molecule has 0 saturated carbocycles. The Morgan fingerprint density at radius 2 is 1.32 bits per heavy atom. The highest BCUT2D eigenvalue weighted by Crippen LogP contribution is 2.25. The molecule has 7 nitrogen and oxygen atoms in total. The SMILES string of the molecule is CCNC(=O)[C@@H](Cc1ccccc1)N(Cc1ccccc1)C(=O)CN(c1ccc(F)cc1)S(=O)(=O)c1ccccc1. The van der Waals surface area contributed by atoms with Crippen molar-refractivity contribution >= 4 is 27.5 Å². The second-order valence-electron chi connectivity index (χ2n) is 9.41. The van der Waals surface area contributed by atoms with Gasteiger partial charge >= 0.3 is 0 Å². The molecule has 4 rings (SSSR count). The first-order valence-corrected chi connectivity index (χ1v) is 14.7. The maximum absolute atomic E-state index is 14.2. The first kappa shape index (κ1) is 29.5. The summed E-state index contributed by atoms with van der Waals surface area (Å²) in [4.78, 5) is 29.0. The Labute approximate surface area is 240 Å². The molecule has 0 fully saturated rings. The second kappa shape index (κ2) is 13.7. The maximum Gasteiger partial charge on any atom is 0.264 e. The summed E-state index contributed by atoms with van der Waals surface area (Å²) >= 11 is 0. The van der Waals surface area contributed by atoms with Crippen molar-refractivity contribution in [2.75, 3.05) is 17.4 Å². The minimum atomic E-state index is -4.22. The summed E-state index contributed by atoms with van der Waals surface area (Å²) in [7, 11) is -4.22. The van der Waals surface area contributed by atoms with E-state index >= 15 is 0 Å². The lowest BCUT2D eigenvalue weighted by Crippen LogP contribution is -2.53. The molecule has 0 saturated heterocycles. The highest BCUT2D eigenvalue weighted by Gasteiger charge is 2.34. The van der Waals surface area contributed by atoms with Crippen molar-refractivity contribution in [3.63, 3.8) is 0 Å². The minimum absolute atomic E-state index is 0.0173. The fraction of sp³-hybridized carbons (Fsp3) is 0.188. The third kappa shape index (κ3) is 7.58. The quantitative estimate of drug-likeness (QED) is 0.264.